The Hall–Kier alpha value is -2.41. The third-order valence-corrected chi connectivity index (χ3v) is 5.30. The molecular formula is C17H17FN2O3S. The van der Waals surface area contributed by atoms with E-state index < -0.39 is 21.9 Å². The van der Waals surface area contributed by atoms with E-state index in [0.29, 0.717) is 18.4 Å². The van der Waals surface area contributed by atoms with Gasteiger partial charge < -0.3 is 0 Å². The third kappa shape index (κ3) is 3.12. The van der Waals surface area contributed by atoms with Gasteiger partial charge in [0, 0.05) is 6.54 Å². The van der Waals surface area contributed by atoms with Crippen LogP contribution in [-0.2, 0) is 16.4 Å². The molecule has 24 heavy (non-hydrogen) atoms. The van der Waals surface area contributed by atoms with Crippen molar-refractivity contribution < 1.29 is 17.6 Å². The smallest absolute Gasteiger partial charge is 0.290 e. The fourth-order valence-corrected chi connectivity index (χ4v) is 3.71. The van der Waals surface area contributed by atoms with Crippen LogP contribution >= 0.6 is 0 Å². The maximum atomic E-state index is 14.1. The van der Waals surface area contributed by atoms with Gasteiger partial charge >= 0.3 is 6.03 Å². The van der Waals surface area contributed by atoms with Gasteiger partial charge in [-0.15, -0.1) is 0 Å². The normalized spacial score (nSPS) is 14.2. The number of aryl methyl sites for hydroxylation is 2. The van der Waals surface area contributed by atoms with Crippen LogP contribution in [0.3, 0.4) is 0 Å². The zero-order valence-corrected chi connectivity index (χ0v) is 13.9. The summed E-state index contributed by atoms with van der Waals surface area (Å²) < 4.78 is 40.8. The van der Waals surface area contributed by atoms with E-state index in [-0.39, 0.29) is 17.1 Å². The zero-order valence-electron chi connectivity index (χ0n) is 13.1. The quantitative estimate of drug-likeness (QED) is 0.907. The number of rotatable bonds is 2. The van der Waals surface area contributed by atoms with Gasteiger partial charge in [0.25, 0.3) is 10.0 Å². The maximum absolute atomic E-state index is 14.1. The molecule has 0 spiro atoms. The monoisotopic (exact) mass is 348 g/mol. The largest absolute Gasteiger partial charge is 0.335 e. The predicted molar refractivity (Wildman–Crippen MR) is 89.0 cm³/mol. The molecule has 1 heterocycles. The fourth-order valence-electron chi connectivity index (χ4n) is 2.75. The van der Waals surface area contributed by atoms with Crippen LogP contribution in [0.5, 0.6) is 0 Å². The first-order valence-electron chi connectivity index (χ1n) is 7.57. The third-order valence-electron chi connectivity index (χ3n) is 3.97. The Labute approximate surface area is 140 Å². The minimum absolute atomic E-state index is 0.00721. The summed E-state index contributed by atoms with van der Waals surface area (Å²) in [6.45, 7) is 2.10. The van der Waals surface area contributed by atoms with Gasteiger partial charge in [-0.1, -0.05) is 29.8 Å². The summed E-state index contributed by atoms with van der Waals surface area (Å²) >= 11 is 0. The first-order chi connectivity index (χ1) is 11.4. The first kappa shape index (κ1) is 16.4. The van der Waals surface area contributed by atoms with Crippen LogP contribution < -0.4 is 9.62 Å². The fraction of sp³-hybridized carbons (Fsp3) is 0.235. The number of hydrogen-bond donors (Lipinski definition) is 1. The Morgan fingerprint density at radius 1 is 1.17 bits per heavy atom. The molecule has 0 saturated carbocycles. The van der Waals surface area contributed by atoms with Gasteiger partial charge in [0.15, 0.2) is 0 Å². The molecule has 0 atom stereocenters. The van der Waals surface area contributed by atoms with Gasteiger partial charge in [-0.3, -0.25) is 4.90 Å². The molecule has 2 amide bonds. The number of halogens is 1. The lowest BCUT2D eigenvalue weighted by Gasteiger charge is -2.29. The van der Waals surface area contributed by atoms with Crippen molar-refractivity contribution in [3.05, 3.63) is 59.4 Å². The van der Waals surface area contributed by atoms with Crippen LogP contribution in [0.4, 0.5) is 14.9 Å². The second-order valence-corrected chi connectivity index (χ2v) is 7.41. The SMILES string of the molecule is Cc1ccc(S(=O)(=O)NC(=O)N2CCCc3cccc(F)c32)cc1. The molecule has 3 rings (SSSR count). The molecule has 0 aliphatic carbocycles. The highest BCUT2D eigenvalue weighted by Crippen LogP contribution is 2.30. The number of hydrogen-bond acceptors (Lipinski definition) is 3. The molecule has 0 bridgehead atoms. The lowest BCUT2D eigenvalue weighted by Crippen LogP contribution is -2.45. The number of urea groups is 1. The van der Waals surface area contributed by atoms with Gasteiger partial charge in [0.2, 0.25) is 0 Å². The number of fused-ring (bicyclic) bond motifs is 1. The van der Waals surface area contributed by atoms with Crippen molar-refractivity contribution in [2.45, 2.75) is 24.7 Å². The number of sulfonamides is 1. The van der Waals surface area contributed by atoms with Crippen molar-refractivity contribution in [1.82, 2.24) is 4.72 Å². The summed E-state index contributed by atoms with van der Waals surface area (Å²) in [7, 11) is -4.00. The highest BCUT2D eigenvalue weighted by molar-refractivity contribution is 7.90. The van der Waals surface area contributed by atoms with Crippen molar-refractivity contribution >= 4 is 21.7 Å². The molecular weight excluding hydrogens is 331 g/mol. The number of carbonyl (C=O) groups is 1. The maximum Gasteiger partial charge on any atom is 0.335 e. The Balaban J connectivity index is 1.88. The summed E-state index contributed by atoms with van der Waals surface area (Å²) in [5.41, 5.74) is 1.76. The lowest BCUT2D eigenvalue weighted by molar-refractivity contribution is 0.250. The second-order valence-electron chi connectivity index (χ2n) is 5.73. The minimum Gasteiger partial charge on any atom is -0.290 e. The number of nitrogens with one attached hydrogen (secondary N) is 1. The van der Waals surface area contributed by atoms with Crippen LogP contribution in [-0.4, -0.2) is 21.0 Å². The lowest BCUT2D eigenvalue weighted by atomic mass is 10.0. The van der Waals surface area contributed by atoms with E-state index in [1.807, 2.05) is 11.6 Å². The topological polar surface area (TPSA) is 66.5 Å². The Morgan fingerprint density at radius 2 is 1.88 bits per heavy atom. The summed E-state index contributed by atoms with van der Waals surface area (Å²) in [5.74, 6) is -0.532. The Bertz CT molecular complexity index is 879. The van der Waals surface area contributed by atoms with Crippen LogP contribution in [0, 0.1) is 12.7 Å². The molecule has 1 aliphatic rings. The number of benzene rings is 2. The Kier molecular flexibility index (Phi) is 4.28. The predicted octanol–water partition coefficient (Wildman–Crippen LogP) is 2.99. The van der Waals surface area contributed by atoms with Crippen molar-refractivity contribution in [3.63, 3.8) is 0 Å². The molecule has 7 heteroatoms. The average molecular weight is 348 g/mol. The molecule has 0 fully saturated rings. The molecule has 5 nitrogen and oxygen atoms in total. The first-order valence-corrected chi connectivity index (χ1v) is 9.05. The summed E-state index contributed by atoms with van der Waals surface area (Å²) in [5, 5.41) is 0. The van der Waals surface area contributed by atoms with Crippen molar-refractivity contribution in [2.75, 3.05) is 11.4 Å². The highest BCUT2D eigenvalue weighted by Gasteiger charge is 2.28. The van der Waals surface area contributed by atoms with Gasteiger partial charge in [-0.2, -0.15) is 0 Å². The summed E-state index contributed by atoms with van der Waals surface area (Å²) in [6.07, 6.45) is 1.30. The minimum atomic E-state index is -4.00. The number of para-hydroxylation sites is 1. The number of carbonyl (C=O) groups excluding carboxylic acids is 1. The van der Waals surface area contributed by atoms with E-state index in [1.54, 1.807) is 24.3 Å². The van der Waals surface area contributed by atoms with Gasteiger partial charge in [-0.25, -0.2) is 22.3 Å². The van der Waals surface area contributed by atoms with Gasteiger partial charge in [0.1, 0.15) is 5.82 Å². The molecule has 1 N–H and O–H groups in total. The van der Waals surface area contributed by atoms with E-state index in [4.69, 9.17) is 0 Å². The standard InChI is InChI=1S/C17H17FN2O3S/c1-12-7-9-14(10-8-12)24(22,23)19-17(21)20-11-3-5-13-4-2-6-15(18)16(13)20/h2,4,6-10H,3,5,11H2,1H3,(H,19,21). The van der Waals surface area contributed by atoms with Gasteiger partial charge in [0.05, 0.1) is 10.6 Å². The molecule has 0 saturated heterocycles. The number of nitrogens with zero attached hydrogens (tertiary/aromatic N) is 1. The van der Waals surface area contributed by atoms with E-state index >= 15 is 0 Å². The Morgan fingerprint density at radius 3 is 2.58 bits per heavy atom. The van der Waals surface area contributed by atoms with Crippen LogP contribution in [0.1, 0.15) is 17.5 Å². The van der Waals surface area contributed by atoms with Crippen LogP contribution in [0.2, 0.25) is 0 Å². The molecule has 0 radical (unpaired) electrons. The summed E-state index contributed by atoms with van der Waals surface area (Å²) in [4.78, 5) is 13.6. The molecule has 2 aromatic carbocycles. The van der Waals surface area contributed by atoms with E-state index in [1.165, 1.54) is 18.2 Å². The molecule has 2 aromatic rings. The summed E-state index contributed by atoms with van der Waals surface area (Å²) in [6, 6.07) is 9.89. The van der Waals surface area contributed by atoms with Crippen LogP contribution in [0.15, 0.2) is 47.4 Å². The number of anilines is 1. The van der Waals surface area contributed by atoms with E-state index in [9.17, 15) is 17.6 Å². The highest BCUT2D eigenvalue weighted by atomic mass is 32.2. The van der Waals surface area contributed by atoms with Crippen LogP contribution in [0.25, 0.3) is 0 Å². The molecule has 1 aliphatic heterocycles. The van der Waals surface area contributed by atoms with Crippen molar-refractivity contribution in [3.8, 4) is 0 Å². The number of amides is 2. The molecule has 0 unspecified atom stereocenters. The average Bonchev–Trinajstić information content (AvgIpc) is 2.54. The van der Waals surface area contributed by atoms with Crippen molar-refractivity contribution in [2.24, 2.45) is 0 Å². The van der Waals surface area contributed by atoms with E-state index in [2.05, 4.69) is 0 Å². The van der Waals surface area contributed by atoms with E-state index in [0.717, 1.165) is 10.5 Å². The second kappa shape index (κ2) is 6.24. The zero-order chi connectivity index (χ0) is 17.3. The molecule has 0 aromatic heterocycles. The van der Waals surface area contributed by atoms with Gasteiger partial charge in [-0.05, 0) is 43.5 Å². The molecule has 126 valence electrons. The van der Waals surface area contributed by atoms with Crippen molar-refractivity contribution in [1.29, 1.82) is 0 Å².